The Bertz CT molecular complexity index is 1230. The zero-order valence-electron chi connectivity index (χ0n) is 17.5. The summed E-state index contributed by atoms with van der Waals surface area (Å²) < 4.78 is 12.8. The quantitative estimate of drug-likeness (QED) is 0.450. The topological polar surface area (TPSA) is 73.6 Å². The molecular weight excluding hydrogens is 392 g/mol. The first-order chi connectivity index (χ1) is 15.0. The van der Waals surface area contributed by atoms with E-state index in [9.17, 15) is 4.79 Å². The second-order valence-electron chi connectivity index (χ2n) is 7.40. The normalized spacial score (nSPS) is 10.9. The smallest absolute Gasteiger partial charge is 0.323 e. The molecule has 6 heteroatoms. The maximum atomic E-state index is 10.9. The highest BCUT2D eigenvalue weighted by Gasteiger charge is 2.08. The first kappa shape index (κ1) is 20.5. The number of pyridine rings is 1. The number of hydrogen-bond donors (Lipinski definition) is 1. The molecule has 0 aliphatic rings. The molecule has 2 aromatic carbocycles. The summed E-state index contributed by atoms with van der Waals surface area (Å²) in [5, 5.41) is 9.83. The second kappa shape index (κ2) is 8.92. The van der Waals surface area contributed by atoms with Crippen molar-refractivity contribution in [2.24, 2.45) is 0 Å². The molecule has 2 aromatic heterocycles. The maximum absolute atomic E-state index is 10.9. The molecular formula is C25H24N2O4. The van der Waals surface area contributed by atoms with Gasteiger partial charge < -0.3 is 19.1 Å². The van der Waals surface area contributed by atoms with E-state index in [2.05, 4.69) is 42.2 Å². The molecule has 6 nitrogen and oxygen atoms in total. The molecule has 0 radical (unpaired) electrons. The Morgan fingerprint density at radius 3 is 2.74 bits per heavy atom. The fourth-order valence-corrected chi connectivity index (χ4v) is 3.68. The fourth-order valence-electron chi connectivity index (χ4n) is 3.68. The third-order valence-electron chi connectivity index (χ3n) is 5.21. The van der Waals surface area contributed by atoms with Gasteiger partial charge in [-0.25, -0.2) is 4.98 Å². The number of rotatable bonds is 8. The van der Waals surface area contributed by atoms with Crippen molar-refractivity contribution in [3.63, 3.8) is 0 Å². The summed E-state index contributed by atoms with van der Waals surface area (Å²) in [5.41, 5.74) is 5.35. The molecule has 0 aliphatic carbocycles. The van der Waals surface area contributed by atoms with Gasteiger partial charge in [0.05, 0.1) is 19.9 Å². The lowest BCUT2D eigenvalue weighted by Gasteiger charge is -2.11. The van der Waals surface area contributed by atoms with E-state index in [1.165, 1.54) is 22.3 Å². The van der Waals surface area contributed by atoms with Crippen molar-refractivity contribution in [1.29, 1.82) is 0 Å². The van der Waals surface area contributed by atoms with Crippen LogP contribution < -0.4 is 9.47 Å². The first-order valence-electron chi connectivity index (χ1n) is 10.1. The van der Waals surface area contributed by atoms with Crippen LogP contribution in [-0.4, -0.2) is 34.3 Å². The highest BCUT2D eigenvalue weighted by molar-refractivity contribution is 5.79. The number of fused-ring (bicyclic) bond motifs is 1. The SMILES string of the molecule is COc1ccc(-c2cccc(CCOc3cnc4c(ccn4CC(=O)O)c3)c2)c(C)c1. The lowest BCUT2D eigenvalue weighted by molar-refractivity contribution is -0.137. The van der Waals surface area contributed by atoms with Crippen molar-refractivity contribution >= 4 is 17.0 Å². The van der Waals surface area contributed by atoms with Gasteiger partial charge in [0.2, 0.25) is 0 Å². The fraction of sp³-hybridized carbons (Fsp3) is 0.200. The number of aryl methyl sites for hydroxylation is 1. The Labute approximate surface area is 180 Å². The van der Waals surface area contributed by atoms with Gasteiger partial charge in [-0.05, 0) is 53.4 Å². The highest BCUT2D eigenvalue weighted by Crippen LogP contribution is 2.27. The summed E-state index contributed by atoms with van der Waals surface area (Å²) in [5.74, 6) is 0.629. The Kier molecular flexibility index (Phi) is 5.89. The average Bonchev–Trinajstić information content (AvgIpc) is 3.15. The van der Waals surface area contributed by atoms with E-state index in [0.29, 0.717) is 18.0 Å². The van der Waals surface area contributed by atoms with Crippen molar-refractivity contribution < 1.29 is 19.4 Å². The number of carbonyl (C=O) groups is 1. The van der Waals surface area contributed by atoms with Gasteiger partial charge in [0.25, 0.3) is 0 Å². The van der Waals surface area contributed by atoms with E-state index in [1.54, 1.807) is 24.1 Å². The minimum absolute atomic E-state index is 0.110. The third-order valence-corrected chi connectivity index (χ3v) is 5.21. The largest absolute Gasteiger partial charge is 0.497 e. The third kappa shape index (κ3) is 4.69. The molecule has 4 aromatic rings. The van der Waals surface area contributed by atoms with E-state index in [1.807, 2.05) is 24.3 Å². The van der Waals surface area contributed by atoms with Crippen LogP contribution in [0.3, 0.4) is 0 Å². The number of carboxylic acids is 1. The van der Waals surface area contributed by atoms with Gasteiger partial charge in [0.1, 0.15) is 23.7 Å². The monoisotopic (exact) mass is 416 g/mol. The number of methoxy groups -OCH3 is 1. The molecule has 0 amide bonds. The molecule has 0 saturated heterocycles. The van der Waals surface area contributed by atoms with Crippen LogP contribution in [-0.2, 0) is 17.8 Å². The van der Waals surface area contributed by atoms with Crippen LogP contribution in [0.15, 0.2) is 67.0 Å². The lowest BCUT2D eigenvalue weighted by Crippen LogP contribution is -2.08. The minimum Gasteiger partial charge on any atom is -0.497 e. The van der Waals surface area contributed by atoms with E-state index in [4.69, 9.17) is 14.6 Å². The average molecular weight is 416 g/mol. The molecule has 4 rings (SSSR count). The first-order valence-corrected chi connectivity index (χ1v) is 10.1. The molecule has 0 saturated carbocycles. The number of aliphatic carboxylic acids is 1. The Balaban J connectivity index is 1.42. The zero-order valence-corrected chi connectivity index (χ0v) is 17.5. The Morgan fingerprint density at radius 2 is 1.97 bits per heavy atom. The van der Waals surface area contributed by atoms with Crippen LogP contribution in [0.5, 0.6) is 11.5 Å². The van der Waals surface area contributed by atoms with Gasteiger partial charge in [-0.3, -0.25) is 4.79 Å². The molecule has 31 heavy (non-hydrogen) atoms. The maximum Gasteiger partial charge on any atom is 0.323 e. The van der Waals surface area contributed by atoms with Crippen molar-refractivity contribution in [3.05, 3.63) is 78.1 Å². The van der Waals surface area contributed by atoms with Crippen LogP contribution in [0.2, 0.25) is 0 Å². The summed E-state index contributed by atoms with van der Waals surface area (Å²) in [4.78, 5) is 15.3. The molecule has 0 fully saturated rings. The van der Waals surface area contributed by atoms with Gasteiger partial charge in [0.15, 0.2) is 0 Å². The molecule has 1 N–H and O–H groups in total. The number of aromatic nitrogens is 2. The molecule has 0 unspecified atom stereocenters. The van der Waals surface area contributed by atoms with Crippen LogP contribution in [0.25, 0.3) is 22.2 Å². The van der Waals surface area contributed by atoms with Crippen LogP contribution >= 0.6 is 0 Å². The minimum atomic E-state index is -0.897. The van der Waals surface area contributed by atoms with Gasteiger partial charge in [-0.15, -0.1) is 0 Å². The predicted octanol–water partition coefficient (Wildman–Crippen LogP) is 4.73. The molecule has 0 bridgehead atoms. The molecule has 158 valence electrons. The second-order valence-corrected chi connectivity index (χ2v) is 7.40. The standard InChI is InChI=1S/C25H24N2O4/c1-17-12-21(30-2)6-7-23(17)19-5-3-4-18(13-19)9-11-31-22-14-20-8-10-27(16-24(28)29)25(20)26-15-22/h3-8,10,12-15H,9,11,16H2,1-2H3,(H,28,29). The predicted molar refractivity (Wildman–Crippen MR) is 120 cm³/mol. The van der Waals surface area contributed by atoms with Crippen LogP contribution in [0, 0.1) is 6.92 Å². The van der Waals surface area contributed by atoms with Crippen molar-refractivity contribution in [2.75, 3.05) is 13.7 Å². The van der Waals surface area contributed by atoms with Crippen LogP contribution in [0.4, 0.5) is 0 Å². The summed E-state index contributed by atoms with van der Waals surface area (Å²) in [6, 6.07) is 18.3. The molecule has 0 atom stereocenters. The Hall–Kier alpha value is -3.80. The summed E-state index contributed by atoms with van der Waals surface area (Å²) in [6.07, 6.45) is 4.13. The van der Waals surface area contributed by atoms with E-state index in [0.717, 1.165) is 17.6 Å². The van der Waals surface area contributed by atoms with Crippen molar-refractivity contribution in [2.45, 2.75) is 19.9 Å². The highest BCUT2D eigenvalue weighted by atomic mass is 16.5. The van der Waals surface area contributed by atoms with E-state index in [-0.39, 0.29) is 6.54 Å². The molecule has 0 spiro atoms. The van der Waals surface area contributed by atoms with Crippen LogP contribution in [0.1, 0.15) is 11.1 Å². The molecule has 0 aliphatic heterocycles. The van der Waals surface area contributed by atoms with Gasteiger partial charge >= 0.3 is 5.97 Å². The Morgan fingerprint density at radius 1 is 1.10 bits per heavy atom. The van der Waals surface area contributed by atoms with Gasteiger partial charge in [-0.2, -0.15) is 0 Å². The van der Waals surface area contributed by atoms with E-state index < -0.39 is 5.97 Å². The van der Waals surface area contributed by atoms with Gasteiger partial charge in [-0.1, -0.05) is 30.3 Å². The summed E-state index contributed by atoms with van der Waals surface area (Å²) >= 11 is 0. The van der Waals surface area contributed by atoms with Crippen molar-refractivity contribution in [3.8, 4) is 22.6 Å². The number of nitrogens with zero attached hydrogens (tertiary/aromatic N) is 2. The number of benzene rings is 2. The van der Waals surface area contributed by atoms with Gasteiger partial charge in [0, 0.05) is 18.0 Å². The number of hydrogen-bond acceptors (Lipinski definition) is 4. The van der Waals surface area contributed by atoms with E-state index >= 15 is 0 Å². The number of carboxylic acid groups (broad SMARTS) is 1. The zero-order chi connectivity index (χ0) is 21.8. The van der Waals surface area contributed by atoms with Crippen molar-refractivity contribution in [1.82, 2.24) is 9.55 Å². The lowest BCUT2D eigenvalue weighted by atomic mass is 9.98. The summed E-state index contributed by atoms with van der Waals surface area (Å²) in [6.45, 7) is 2.50. The summed E-state index contributed by atoms with van der Waals surface area (Å²) in [7, 11) is 1.67. The number of ether oxygens (including phenoxy) is 2. The molecule has 2 heterocycles.